The topological polar surface area (TPSA) is 70.1 Å². The van der Waals surface area contributed by atoms with Crippen LogP contribution in [0.1, 0.15) is 32.6 Å². The van der Waals surface area contributed by atoms with E-state index in [9.17, 15) is 9.59 Å². The molecule has 0 aromatic rings. The van der Waals surface area contributed by atoms with Crippen LogP contribution in [0.2, 0.25) is 0 Å². The minimum absolute atomic E-state index is 0.0258. The lowest BCUT2D eigenvalue weighted by molar-refractivity contribution is -0.143. The van der Waals surface area contributed by atoms with Crippen molar-refractivity contribution in [2.45, 2.75) is 38.6 Å². The monoisotopic (exact) mass is 298 g/mol. The van der Waals surface area contributed by atoms with Crippen LogP contribution in [-0.2, 0) is 9.53 Å². The number of amides is 2. The zero-order chi connectivity index (χ0) is 15.4. The Morgan fingerprint density at radius 2 is 2.05 bits per heavy atom. The standard InChI is InChI=1S/C15H26N2O4/c1-11-9-13(14(18)19)5-6-17(11)15(20)16(2)7-8-21-10-12-3-4-12/h11-13H,3-10H2,1-2H3,(H,18,19). The highest BCUT2D eigenvalue weighted by Crippen LogP contribution is 2.28. The van der Waals surface area contributed by atoms with Gasteiger partial charge in [0.05, 0.1) is 12.5 Å². The van der Waals surface area contributed by atoms with E-state index in [-0.39, 0.29) is 18.0 Å². The molecular weight excluding hydrogens is 272 g/mol. The van der Waals surface area contributed by atoms with Crippen molar-refractivity contribution in [3.05, 3.63) is 0 Å². The quantitative estimate of drug-likeness (QED) is 0.757. The Bertz CT molecular complexity index is 384. The fraction of sp³-hybridized carbons (Fsp3) is 0.867. The van der Waals surface area contributed by atoms with Crippen LogP contribution in [-0.4, -0.2) is 66.3 Å². The van der Waals surface area contributed by atoms with Crippen molar-refractivity contribution in [3.63, 3.8) is 0 Å². The molecule has 0 bridgehead atoms. The van der Waals surface area contributed by atoms with Gasteiger partial charge in [-0.15, -0.1) is 0 Å². The molecule has 0 spiro atoms. The van der Waals surface area contributed by atoms with Gasteiger partial charge < -0.3 is 19.6 Å². The number of urea groups is 1. The van der Waals surface area contributed by atoms with Crippen molar-refractivity contribution in [2.24, 2.45) is 11.8 Å². The van der Waals surface area contributed by atoms with Crippen LogP contribution in [0.15, 0.2) is 0 Å². The summed E-state index contributed by atoms with van der Waals surface area (Å²) in [7, 11) is 1.78. The molecule has 1 aliphatic heterocycles. The first kappa shape index (κ1) is 16.1. The van der Waals surface area contributed by atoms with Crippen LogP contribution in [0.25, 0.3) is 0 Å². The number of nitrogens with zero attached hydrogens (tertiary/aromatic N) is 2. The minimum Gasteiger partial charge on any atom is -0.481 e. The summed E-state index contributed by atoms with van der Waals surface area (Å²) in [6.45, 7) is 4.40. The second-order valence-electron chi connectivity index (χ2n) is 6.32. The largest absolute Gasteiger partial charge is 0.481 e. The number of carbonyl (C=O) groups excluding carboxylic acids is 1. The molecule has 1 aliphatic carbocycles. The summed E-state index contributed by atoms with van der Waals surface area (Å²) in [6, 6.07) is -0.0523. The average Bonchev–Trinajstić information content (AvgIpc) is 3.26. The Balaban J connectivity index is 1.71. The first-order valence-corrected chi connectivity index (χ1v) is 7.81. The third-order valence-electron chi connectivity index (χ3n) is 4.42. The van der Waals surface area contributed by atoms with Gasteiger partial charge in [0, 0.05) is 32.8 Å². The molecule has 1 N–H and O–H groups in total. The number of carbonyl (C=O) groups is 2. The summed E-state index contributed by atoms with van der Waals surface area (Å²) in [6.07, 6.45) is 3.61. The normalized spacial score (nSPS) is 25.7. The Labute approximate surface area is 126 Å². The van der Waals surface area contributed by atoms with Gasteiger partial charge in [-0.25, -0.2) is 4.79 Å². The van der Waals surface area contributed by atoms with Crippen molar-refractivity contribution in [2.75, 3.05) is 33.4 Å². The van der Waals surface area contributed by atoms with Gasteiger partial charge in [0.15, 0.2) is 0 Å². The molecule has 0 radical (unpaired) electrons. The Kier molecular flexibility index (Phi) is 5.45. The number of piperidine rings is 1. The van der Waals surface area contributed by atoms with E-state index < -0.39 is 5.97 Å². The van der Waals surface area contributed by atoms with Gasteiger partial charge in [0.2, 0.25) is 0 Å². The van der Waals surface area contributed by atoms with Crippen molar-refractivity contribution in [1.82, 2.24) is 9.80 Å². The fourth-order valence-electron chi connectivity index (χ4n) is 2.73. The summed E-state index contributed by atoms with van der Waals surface area (Å²) >= 11 is 0. The molecule has 2 unspecified atom stereocenters. The van der Waals surface area contributed by atoms with E-state index in [1.807, 2.05) is 6.92 Å². The molecule has 2 aliphatic rings. The predicted molar refractivity (Wildman–Crippen MR) is 78.1 cm³/mol. The summed E-state index contributed by atoms with van der Waals surface area (Å²) in [5, 5.41) is 9.05. The summed E-state index contributed by atoms with van der Waals surface area (Å²) < 4.78 is 5.55. The average molecular weight is 298 g/mol. The lowest BCUT2D eigenvalue weighted by Gasteiger charge is -2.38. The van der Waals surface area contributed by atoms with E-state index in [0.717, 1.165) is 12.5 Å². The molecule has 6 nitrogen and oxygen atoms in total. The van der Waals surface area contributed by atoms with Gasteiger partial charge in [-0.3, -0.25) is 4.79 Å². The SMILES string of the molecule is CC1CC(C(=O)O)CCN1C(=O)N(C)CCOCC1CC1. The third kappa shape index (κ3) is 4.59. The number of rotatable bonds is 6. The van der Waals surface area contributed by atoms with Crippen LogP contribution in [0.5, 0.6) is 0 Å². The fourth-order valence-corrected chi connectivity index (χ4v) is 2.73. The Morgan fingerprint density at radius 1 is 1.33 bits per heavy atom. The number of hydrogen-bond acceptors (Lipinski definition) is 3. The molecule has 2 fully saturated rings. The number of likely N-dealkylation sites (tertiary alicyclic amines) is 1. The van der Waals surface area contributed by atoms with Crippen molar-refractivity contribution in [1.29, 1.82) is 0 Å². The van der Waals surface area contributed by atoms with Crippen molar-refractivity contribution < 1.29 is 19.4 Å². The number of hydrogen-bond donors (Lipinski definition) is 1. The van der Waals surface area contributed by atoms with Crippen molar-refractivity contribution >= 4 is 12.0 Å². The highest BCUT2D eigenvalue weighted by atomic mass is 16.5. The van der Waals surface area contributed by atoms with Crippen LogP contribution >= 0.6 is 0 Å². The number of carboxylic acid groups (broad SMARTS) is 1. The Hall–Kier alpha value is -1.30. The van der Waals surface area contributed by atoms with E-state index in [1.54, 1.807) is 16.8 Å². The first-order valence-electron chi connectivity index (χ1n) is 7.81. The van der Waals surface area contributed by atoms with E-state index >= 15 is 0 Å². The van der Waals surface area contributed by atoms with Gasteiger partial charge >= 0.3 is 12.0 Å². The molecule has 21 heavy (non-hydrogen) atoms. The zero-order valence-corrected chi connectivity index (χ0v) is 13.0. The Morgan fingerprint density at radius 3 is 2.62 bits per heavy atom. The van der Waals surface area contributed by atoms with Gasteiger partial charge in [-0.05, 0) is 38.5 Å². The zero-order valence-electron chi connectivity index (χ0n) is 13.0. The molecule has 1 heterocycles. The second-order valence-corrected chi connectivity index (χ2v) is 6.32. The maximum atomic E-state index is 12.4. The van der Waals surface area contributed by atoms with Crippen LogP contribution < -0.4 is 0 Å². The lowest BCUT2D eigenvalue weighted by Crippen LogP contribution is -2.51. The first-order chi connectivity index (χ1) is 9.99. The molecule has 0 aromatic carbocycles. The predicted octanol–water partition coefficient (Wildman–Crippen LogP) is 1.65. The number of likely N-dealkylation sites (N-methyl/N-ethyl adjacent to an activating group) is 1. The molecule has 0 aromatic heterocycles. The van der Waals surface area contributed by atoms with Crippen LogP contribution in [0.3, 0.4) is 0 Å². The number of carboxylic acids is 1. The van der Waals surface area contributed by atoms with E-state index in [0.29, 0.717) is 32.5 Å². The highest BCUT2D eigenvalue weighted by molar-refractivity contribution is 5.75. The maximum Gasteiger partial charge on any atom is 0.320 e. The summed E-state index contributed by atoms with van der Waals surface area (Å²) in [5.41, 5.74) is 0. The molecule has 6 heteroatoms. The van der Waals surface area contributed by atoms with E-state index in [4.69, 9.17) is 9.84 Å². The minimum atomic E-state index is -0.754. The molecule has 2 atom stereocenters. The van der Waals surface area contributed by atoms with Crippen molar-refractivity contribution in [3.8, 4) is 0 Å². The molecule has 2 amide bonds. The molecule has 1 saturated heterocycles. The lowest BCUT2D eigenvalue weighted by atomic mass is 9.92. The van der Waals surface area contributed by atoms with E-state index in [2.05, 4.69) is 0 Å². The van der Waals surface area contributed by atoms with Gasteiger partial charge in [-0.1, -0.05) is 0 Å². The van der Waals surface area contributed by atoms with Gasteiger partial charge in [0.1, 0.15) is 0 Å². The van der Waals surface area contributed by atoms with Crippen LogP contribution in [0, 0.1) is 11.8 Å². The number of aliphatic carboxylic acids is 1. The molecular formula is C15H26N2O4. The molecule has 120 valence electrons. The number of ether oxygens (including phenoxy) is 1. The van der Waals surface area contributed by atoms with E-state index in [1.165, 1.54) is 12.8 Å². The summed E-state index contributed by atoms with van der Waals surface area (Å²) in [4.78, 5) is 26.8. The highest BCUT2D eigenvalue weighted by Gasteiger charge is 2.33. The van der Waals surface area contributed by atoms with Crippen LogP contribution in [0.4, 0.5) is 4.79 Å². The smallest absolute Gasteiger partial charge is 0.320 e. The second kappa shape index (κ2) is 7.11. The van der Waals surface area contributed by atoms with Gasteiger partial charge in [0.25, 0.3) is 0 Å². The molecule has 1 saturated carbocycles. The molecule has 2 rings (SSSR count). The maximum absolute atomic E-state index is 12.4. The third-order valence-corrected chi connectivity index (χ3v) is 4.42. The summed E-state index contributed by atoms with van der Waals surface area (Å²) in [5.74, 6) is -0.340. The van der Waals surface area contributed by atoms with Gasteiger partial charge in [-0.2, -0.15) is 0 Å².